The lowest BCUT2D eigenvalue weighted by Crippen LogP contribution is -2.23. The molecular weight excluding hydrogens is 250 g/mol. The van der Waals surface area contributed by atoms with E-state index in [9.17, 15) is 4.79 Å². The molecular formula is C12H17N3O2S. The lowest BCUT2D eigenvalue weighted by molar-refractivity contribution is 0.0519. The zero-order valence-electron chi connectivity index (χ0n) is 11.1. The minimum atomic E-state index is -0.390. The molecule has 0 saturated carbocycles. The molecule has 1 aromatic rings. The monoisotopic (exact) mass is 267 g/mol. The number of anilines is 1. The standard InChI is InChI=1S/C12H17N3O2S/c1-5-17-11(16)10-9(3)18-12(14-10)15(4)7-8(2)6-13/h8H,5,7H2,1-4H3. The van der Waals surface area contributed by atoms with Crippen molar-refractivity contribution in [2.24, 2.45) is 5.92 Å². The van der Waals surface area contributed by atoms with Gasteiger partial charge in [-0.25, -0.2) is 9.78 Å². The highest BCUT2D eigenvalue weighted by atomic mass is 32.1. The van der Waals surface area contributed by atoms with Gasteiger partial charge < -0.3 is 9.64 Å². The highest BCUT2D eigenvalue weighted by molar-refractivity contribution is 7.15. The molecule has 1 heterocycles. The van der Waals surface area contributed by atoms with Gasteiger partial charge in [-0.1, -0.05) is 0 Å². The summed E-state index contributed by atoms with van der Waals surface area (Å²) in [5.74, 6) is -0.468. The van der Waals surface area contributed by atoms with Crippen LogP contribution in [0.15, 0.2) is 0 Å². The van der Waals surface area contributed by atoms with E-state index in [1.54, 1.807) is 6.92 Å². The summed E-state index contributed by atoms with van der Waals surface area (Å²) in [6.07, 6.45) is 0. The summed E-state index contributed by atoms with van der Waals surface area (Å²) in [7, 11) is 1.86. The summed E-state index contributed by atoms with van der Waals surface area (Å²) in [5, 5.41) is 9.51. The van der Waals surface area contributed by atoms with E-state index < -0.39 is 0 Å². The molecule has 1 rings (SSSR count). The first-order valence-corrected chi connectivity index (χ1v) is 6.56. The topological polar surface area (TPSA) is 66.2 Å². The Morgan fingerprint density at radius 3 is 2.89 bits per heavy atom. The molecule has 0 spiro atoms. The van der Waals surface area contributed by atoms with Crippen LogP contribution >= 0.6 is 11.3 Å². The van der Waals surface area contributed by atoms with Gasteiger partial charge in [0, 0.05) is 18.5 Å². The lowest BCUT2D eigenvalue weighted by atomic mass is 10.2. The Bertz CT molecular complexity index is 464. The highest BCUT2D eigenvalue weighted by Gasteiger charge is 2.18. The van der Waals surface area contributed by atoms with E-state index in [0.717, 1.165) is 10.0 Å². The van der Waals surface area contributed by atoms with Crippen LogP contribution in [-0.4, -0.2) is 31.2 Å². The largest absolute Gasteiger partial charge is 0.461 e. The van der Waals surface area contributed by atoms with Crippen LogP contribution in [0.3, 0.4) is 0 Å². The van der Waals surface area contributed by atoms with Gasteiger partial charge in [0.05, 0.1) is 18.6 Å². The average Bonchev–Trinajstić information content (AvgIpc) is 2.71. The number of carbonyl (C=O) groups is 1. The third-order valence-electron chi connectivity index (χ3n) is 2.35. The Kier molecular flexibility index (Phi) is 5.10. The number of hydrogen-bond donors (Lipinski definition) is 0. The highest BCUT2D eigenvalue weighted by Crippen LogP contribution is 2.25. The third-order valence-corrected chi connectivity index (χ3v) is 3.43. The number of aryl methyl sites for hydroxylation is 1. The fourth-order valence-electron chi connectivity index (χ4n) is 1.46. The van der Waals surface area contributed by atoms with Crippen molar-refractivity contribution >= 4 is 22.4 Å². The van der Waals surface area contributed by atoms with E-state index in [-0.39, 0.29) is 11.9 Å². The Hall–Kier alpha value is -1.61. The maximum Gasteiger partial charge on any atom is 0.358 e. The summed E-state index contributed by atoms with van der Waals surface area (Å²) in [6.45, 7) is 6.39. The van der Waals surface area contributed by atoms with Crippen LogP contribution in [0.25, 0.3) is 0 Å². The van der Waals surface area contributed by atoms with Crippen LogP contribution in [-0.2, 0) is 4.74 Å². The maximum atomic E-state index is 11.6. The van der Waals surface area contributed by atoms with E-state index in [2.05, 4.69) is 11.1 Å². The van der Waals surface area contributed by atoms with Gasteiger partial charge >= 0.3 is 5.97 Å². The molecule has 6 heteroatoms. The fraction of sp³-hybridized carbons (Fsp3) is 0.583. The molecule has 1 atom stereocenters. The number of aromatic nitrogens is 1. The van der Waals surface area contributed by atoms with Crippen LogP contribution in [0, 0.1) is 24.2 Å². The van der Waals surface area contributed by atoms with Crippen LogP contribution in [0.1, 0.15) is 29.2 Å². The molecule has 0 N–H and O–H groups in total. The van der Waals surface area contributed by atoms with Crippen molar-refractivity contribution in [1.82, 2.24) is 4.98 Å². The van der Waals surface area contributed by atoms with Crippen LogP contribution < -0.4 is 4.90 Å². The Labute approximate surface area is 111 Å². The van der Waals surface area contributed by atoms with Crippen molar-refractivity contribution in [2.45, 2.75) is 20.8 Å². The molecule has 18 heavy (non-hydrogen) atoms. The van der Waals surface area contributed by atoms with E-state index in [1.165, 1.54) is 11.3 Å². The first kappa shape index (κ1) is 14.5. The minimum Gasteiger partial charge on any atom is -0.461 e. The molecule has 0 aliphatic rings. The number of ether oxygens (including phenoxy) is 1. The quantitative estimate of drug-likeness (QED) is 0.765. The number of nitrogens with zero attached hydrogens (tertiary/aromatic N) is 3. The van der Waals surface area contributed by atoms with Crippen LogP contribution in [0.5, 0.6) is 0 Å². The fourth-order valence-corrected chi connectivity index (χ4v) is 2.33. The van der Waals surface area contributed by atoms with Crippen molar-refractivity contribution in [2.75, 3.05) is 25.1 Å². The maximum absolute atomic E-state index is 11.6. The molecule has 98 valence electrons. The molecule has 5 nitrogen and oxygen atoms in total. The molecule has 0 aliphatic carbocycles. The molecule has 0 saturated heterocycles. The Morgan fingerprint density at radius 2 is 2.33 bits per heavy atom. The first-order valence-electron chi connectivity index (χ1n) is 5.74. The van der Waals surface area contributed by atoms with Gasteiger partial charge in [0.2, 0.25) is 0 Å². The number of carbonyl (C=O) groups excluding carboxylic acids is 1. The summed E-state index contributed by atoms with van der Waals surface area (Å²) in [6, 6.07) is 2.17. The van der Waals surface area contributed by atoms with E-state index in [0.29, 0.717) is 18.8 Å². The van der Waals surface area contributed by atoms with Crippen molar-refractivity contribution in [3.05, 3.63) is 10.6 Å². The van der Waals surface area contributed by atoms with Gasteiger partial charge in [0.1, 0.15) is 0 Å². The third kappa shape index (κ3) is 3.44. The zero-order chi connectivity index (χ0) is 13.7. The summed E-state index contributed by atoms with van der Waals surface area (Å²) < 4.78 is 4.94. The first-order chi connectivity index (χ1) is 8.49. The van der Waals surface area contributed by atoms with E-state index in [1.807, 2.05) is 25.8 Å². The molecule has 0 radical (unpaired) electrons. The lowest BCUT2D eigenvalue weighted by Gasteiger charge is -2.16. The second kappa shape index (κ2) is 6.36. The predicted molar refractivity (Wildman–Crippen MR) is 70.9 cm³/mol. The predicted octanol–water partition coefficient (Wildman–Crippen LogP) is 2.22. The molecule has 0 aromatic carbocycles. The second-order valence-electron chi connectivity index (χ2n) is 4.03. The minimum absolute atomic E-state index is 0.0785. The normalized spacial score (nSPS) is 11.7. The van der Waals surface area contributed by atoms with Crippen LogP contribution in [0.2, 0.25) is 0 Å². The summed E-state index contributed by atoms with van der Waals surface area (Å²) in [5.41, 5.74) is 0.369. The van der Waals surface area contributed by atoms with E-state index in [4.69, 9.17) is 10.00 Å². The SMILES string of the molecule is CCOC(=O)c1nc(N(C)CC(C)C#N)sc1C. The van der Waals surface area contributed by atoms with Crippen LogP contribution in [0.4, 0.5) is 5.13 Å². The Balaban J connectivity index is 2.84. The molecule has 0 fully saturated rings. The number of rotatable bonds is 5. The zero-order valence-corrected chi connectivity index (χ0v) is 11.9. The molecule has 0 amide bonds. The second-order valence-corrected chi connectivity index (χ2v) is 5.21. The molecule has 1 unspecified atom stereocenters. The summed E-state index contributed by atoms with van der Waals surface area (Å²) >= 11 is 1.43. The molecule has 1 aromatic heterocycles. The van der Waals surface area contributed by atoms with Gasteiger partial charge in [-0.05, 0) is 20.8 Å². The Morgan fingerprint density at radius 1 is 1.67 bits per heavy atom. The van der Waals surface area contributed by atoms with Crippen molar-refractivity contribution < 1.29 is 9.53 Å². The van der Waals surface area contributed by atoms with Crippen molar-refractivity contribution in [1.29, 1.82) is 5.26 Å². The molecule has 0 aliphatic heterocycles. The smallest absolute Gasteiger partial charge is 0.358 e. The number of esters is 1. The average molecular weight is 267 g/mol. The van der Waals surface area contributed by atoms with Gasteiger partial charge in [0.25, 0.3) is 0 Å². The molecule has 0 bridgehead atoms. The van der Waals surface area contributed by atoms with Crippen molar-refractivity contribution in [3.8, 4) is 6.07 Å². The number of thiazole rings is 1. The van der Waals surface area contributed by atoms with Gasteiger partial charge in [-0.15, -0.1) is 11.3 Å². The van der Waals surface area contributed by atoms with E-state index >= 15 is 0 Å². The number of nitriles is 1. The van der Waals surface area contributed by atoms with Gasteiger partial charge in [-0.3, -0.25) is 0 Å². The van der Waals surface area contributed by atoms with Crippen molar-refractivity contribution in [3.63, 3.8) is 0 Å². The summed E-state index contributed by atoms with van der Waals surface area (Å²) in [4.78, 5) is 18.6. The van der Waals surface area contributed by atoms with Gasteiger partial charge in [0.15, 0.2) is 10.8 Å². The van der Waals surface area contributed by atoms with Gasteiger partial charge in [-0.2, -0.15) is 5.26 Å². The number of hydrogen-bond acceptors (Lipinski definition) is 6.